The van der Waals surface area contributed by atoms with E-state index in [1.807, 2.05) is 30.8 Å². The Bertz CT molecular complexity index is 742. The Morgan fingerprint density at radius 2 is 2.21 bits per heavy atom. The van der Waals surface area contributed by atoms with Crippen LogP contribution in [0, 0.1) is 12.8 Å². The Hall–Kier alpha value is -1.55. The predicted octanol–water partition coefficient (Wildman–Crippen LogP) is 4.32. The normalized spacial score (nSPS) is 18.1. The highest BCUT2D eigenvalue weighted by molar-refractivity contribution is 7.98. The number of pyridine rings is 1. The number of aryl methyl sites for hydroxylation is 2. The molecule has 1 saturated heterocycles. The van der Waals surface area contributed by atoms with Gasteiger partial charge in [-0.1, -0.05) is 13.0 Å². The number of benzene rings is 1. The van der Waals surface area contributed by atoms with E-state index in [1.165, 1.54) is 12.0 Å². The number of hydrogen-bond donors (Lipinski definition) is 0. The fourth-order valence-electron chi connectivity index (χ4n) is 3.59. The van der Waals surface area contributed by atoms with Gasteiger partial charge < -0.3 is 4.90 Å². The van der Waals surface area contributed by atoms with Gasteiger partial charge in [-0.3, -0.25) is 9.78 Å². The van der Waals surface area contributed by atoms with Gasteiger partial charge in [0.25, 0.3) is 5.91 Å². The molecular weight excluding hydrogens is 316 g/mol. The van der Waals surface area contributed by atoms with Crippen LogP contribution < -0.4 is 0 Å². The van der Waals surface area contributed by atoms with Gasteiger partial charge in [0.2, 0.25) is 0 Å². The van der Waals surface area contributed by atoms with Crippen LogP contribution in [0.5, 0.6) is 0 Å². The first-order chi connectivity index (χ1) is 11.6. The molecule has 0 N–H and O–H groups in total. The van der Waals surface area contributed by atoms with Gasteiger partial charge in [-0.05, 0) is 67.9 Å². The standard InChI is InChI=1S/C20H26N2OS/c1-4-15-7-8-19-17(11-15)18(10-14(2)21-19)20(23)22-9-5-6-16(12-22)13-24-3/h7-8,10-11,16H,4-6,9,12-13H2,1-3H3. The first-order valence-corrected chi connectivity index (χ1v) is 10.2. The molecule has 4 heteroatoms. The predicted molar refractivity (Wildman–Crippen MR) is 103 cm³/mol. The molecule has 0 saturated carbocycles. The molecule has 1 unspecified atom stereocenters. The summed E-state index contributed by atoms with van der Waals surface area (Å²) in [5.41, 5.74) is 3.90. The topological polar surface area (TPSA) is 33.2 Å². The van der Waals surface area contributed by atoms with E-state index in [9.17, 15) is 4.79 Å². The third-order valence-corrected chi connectivity index (χ3v) is 5.65. The van der Waals surface area contributed by atoms with Crippen molar-refractivity contribution in [2.75, 3.05) is 25.1 Å². The Balaban J connectivity index is 1.96. The number of carbonyl (C=O) groups is 1. The third-order valence-electron chi connectivity index (χ3n) is 4.85. The smallest absolute Gasteiger partial charge is 0.254 e. The van der Waals surface area contributed by atoms with E-state index in [1.54, 1.807) is 0 Å². The molecule has 0 radical (unpaired) electrons. The average Bonchev–Trinajstić information content (AvgIpc) is 2.60. The number of likely N-dealkylation sites (tertiary alicyclic amines) is 1. The molecule has 24 heavy (non-hydrogen) atoms. The van der Waals surface area contributed by atoms with Crippen LogP contribution in [0.3, 0.4) is 0 Å². The summed E-state index contributed by atoms with van der Waals surface area (Å²) in [6.45, 7) is 5.87. The lowest BCUT2D eigenvalue weighted by molar-refractivity contribution is 0.0687. The molecule has 0 spiro atoms. The first-order valence-electron chi connectivity index (χ1n) is 8.81. The molecule has 1 aromatic carbocycles. The van der Waals surface area contributed by atoms with Gasteiger partial charge in [0.1, 0.15) is 0 Å². The lowest BCUT2D eigenvalue weighted by Gasteiger charge is -2.33. The van der Waals surface area contributed by atoms with Crippen molar-refractivity contribution in [3.05, 3.63) is 41.1 Å². The van der Waals surface area contributed by atoms with Crippen LogP contribution in [-0.2, 0) is 6.42 Å². The van der Waals surface area contributed by atoms with Crippen molar-refractivity contribution in [1.29, 1.82) is 0 Å². The Labute approximate surface area is 148 Å². The minimum Gasteiger partial charge on any atom is -0.338 e. The van der Waals surface area contributed by atoms with Crippen LogP contribution >= 0.6 is 11.8 Å². The highest BCUT2D eigenvalue weighted by Gasteiger charge is 2.25. The summed E-state index contributed by atoms with van der Waals surface area (Å²) >= 11 is 1.88. The number of piperidine rings is 1. The molecule has 2 heterocycles. The molecule has 0 aliphatic carbocycles. The van der Waals surface area contributed by atoms with Crippen LogP contribution in [-0.4, -0.2) is 40.9 Å². The molecule has 1 atom stereocenters. The first kappa shape index (κ1) is 17.3. The largest absolute Gasteiger partial charge is 0.338 e. The highest BCUT2D eigenvalue weighted by Crippen LogP contribution is 2.25. The molecule has 1 amide bonds. The molecule has 2 aromatic rings. The second kappa shape index (κ2) is 7.56. The molecule has 1 aliphatic rings. The van der Waals surface area contributed by atoms with E-state index in [0.717, 1.165) is 53.8 Å². The second-order valence-electron chi connectivity index (χ2n) is 6.73. The van der Waals surface area contributed by atoms with Crippen molar-refractivity contribution in [3.63, 3.8) is 0 Å². The fraction of sp³-hybridized carbons (Fsp3) is 0.500. The maximum atomic E-state index is 13.2. The van der Waals surface area contributed by atoms with E-state index in [2.05, 4.69) is 35.2 Å². The molecule has 0 bridgehead atoms. The molecule has 1 aromatic heterocycles. The minimum atomic E-state index is 0.171. The van der Waals surface area contributed by atoms with Gasteiger partial charge in [0, 0.05) is 24.2 Å². The van der Waals surface area contributed by atoms with Gasteiger partial charge in [0.15, 0.2) is 0 Å². The summed E-state index contributed by atoms with van der Waals surface area (Å²) in [5, 5.41) is 0.997. The van der Waals surface area contributed by atoms with E-state index >= 15 is 0 Å². The van der Waals surface area contributed by atoms with Crippen LogP contribution in [0.15, 0.2) is 24.3 Å². The van der Waals surface area contributed by atoms with Gasteiger partial charge in [-0.2, -0.15) is 11.8 Å². The highest BCUT2D eigenvalue weighted by atomic mass is 32.2. The van der Waals surface area contributed by atoms with Gasteiger partial charge >= 0.3 is 0 Å². The zero-order chi connectivity index (χ0) is 17.1. The van der Waals surface area contributed by atoms with Crippen molar-refractivity contribution in [3.8, 4) is 0 Å². The number of hydrogen-bond acceptors (Lipinski definition) is 3. The number of aromatic nitrogens is 1. The molecule has 128 valence electrons. The minimum absolute atomic E-state index is 0.171. The van der Waals surface area contributed by atoms with Gasteiger partial charge in [0.05, 0.1) is 11.1 Å². The summed E-state index contributed by atoms with van der Waals surface area (Å²) < 4.78 is 0. The van der Waals surface area contributed by atoms with Gasteiger partial charge in [-0.15, -0.1) is 0 Å². The SMILES string of the molecule is CCc1ccc2nc(C)cc(C(=O)N3CCCC(CSC)C3)c2c1. The average molecular weight is 343 g/mol. The van der Waals surface area contributed by atoms with Crippen molar-refractivity contribution < 1.29 is 4.79 Å². The molecule has 1 fully saturated rings. The van der Waals surface area contributed by atoms with Crippen molar-refractivity contribution >= 4 is 28.6 Å². The summed E-state index contributed by atoms with van der Waals surface area (Å²) in [6, 6.07) is 8.25. The molecule has 3 nitrogen and oxygen atoms in total. The van der Waals surface area contributed by atoms with E-state index in [4.69, 9.17) is 0 Å². The zero-order valence-electron chi connectivity index (χ0n) is 14.8. The molecule has 1 aliphatic heterocycles. The number of thioether (sulfide) groups is 1. The fourth-order valence-corrected chi connectivity index (χ4v) is 4.34. The third kappa shape index (κ3) is 3.59. The maximum absolute atomic E-state index is 13.2. The van der Waals surface area contributed by atoms with E-state index < -0.39 is 0 Å². The number of nitrogens with zero attached hydrogens (tertiary/aromatic N) is 2. The monoisotopic (exact) mass is 342 g/mol. The molecular formula is C20H26N2OS. The maximum Gasteiger partial charge on any atom is 0.254 e. The lowest BCUT2D eigenvalue weighted by Crippen LogP contribution is -2.40. The Morgan fingerprint density at radius 1 is 1.38 bits per heavy atom. The van der Waals surface area contributed by atoms with Crippen LogP contribution in [0.1, 0.15) is 41.4 Å². The van der Waals surface area contributed by atoms with Crippen molar-refractivity contribution in [2.45, 2.75) is 33.1 Å². The Kier molecular flexibility index (Phi) is 5.44. The number of carbonyl (C=O) groups excluding carboxylic acids is 1. The van der Waals surface area contributed by atoms with E-state index in [-0.39, 0.29) is 5.91 Å². The van der Waals surface area contributed by atoms with Gasteiger partial charge in [-0.25, -0.2) is 0 Å². The molecule has 3 rings (SSSR count). The quantitative estimate of drug-likeness (QED) is 0.829. The number of amides is 1. The summed E-state index contributed by atoms with van der Waals surface area (Å²) in [7, 11) is 0. The lowest BCUT2D eigenvalue weighted by atomic mass is 9.98. The summed E-state index contributed by atoms with van der Waals surface area (Å²) in [6.07, 6.45) is 5.46. The van der Waals surface area contributed by atoms with E-state index in [0.29, 0.717) is 5.92 Å². The summed E-state index contributed by atoms with van der Waals surface area (Å²) in [4.78, 5) is 19.9. The van der Waals surface area contributed by atoms with Crippen molar-refractivity contribution in [1.82, 2.24) is 9.88 Å². The van der Waals surface area contributed by atoms with Crippen LogP contribution in [0.2, 0.25) is 0 Å². The second-order valence-corrected chi connectivity index (χ2v) is 7.64. The Morgan fingerprint density at radius 3 is 2.96 bits per heavy atom. The zero-order valence-corrected chi connectivity index (χ0v) is 15.7. The number of fused-ring (bicyclic) bond motifs is 1. The number of rotatable bonds is 4. The van der Waals surface area contributed by atoms with Crippen LogP contribution in [0.4, 0.5) is 0 Å². The summed E-state index contributed by atoms with van der Waals surface area (Å²) in [5.74, 6) is 1.93. The van der Waals surface area contributed by atoms with Crippen LogP contribution in [0.25, 0.3) is 10.9 Å². The van der Waals surface area contributed by atoms with Crippen molar-refractivity contribution in [2.24, 2.45) is 5.92 Å².